The molecule has 7 aromatic carbocycles. The second-order valence-corrected chi connectivity index (χ2v) is 16.3. The van der Waals surface area contributed by atoms with E-state index in [1.165, 1.54) is 72.4 Å². The third-order valence-electron chi connectivity index (χ3n) is 11.9. The number of anilines is 3. The maximum absolute atomic E-state index is 2.49. The summed E-state index contributed by atoms with van der Waals surface area (Å²) in [4.78, 5) is 2.49. The molecule has 2 aliphatic carbocycles. The highest BCUT2D eigenvalue weighted by atomic mass is 15.1. The molecular formula is C51H45N. The average Bonchev–Trinajstić information content (AvgIpc) is 3.57. The standard InChI is InChI=1S/C51H45N/c1-49(2,3)34-27-29-36(30-28-34)52(37-31-32-40-38-19-11-14-25-45(38)51(6,46(40)33-37)35-17-8-7-9-18-35)47-26-15-12-21-41(47)43-23-16-22-42-39-20-10-13-24-44(39)50(4,5)48(42)43/h7-33H,1-6H3. The Morgan fingerprint density at radius 3 is 1.63 bits per heavy atom. The van der Waals surface area contributed by atoms with Gasteiger partial charge in [0.05, 0.1) is 5.69 Å². The van der Waals surface area contributed by atoms with E-state index in [0.29, 0.717) is 0 Å². The van der Waals surface area contributed by atoms with Gasteiger partial charge in [-0.3, -0.25) is 0 Å². The molecule has 1 atom stereocenters. The summed E-state index contributed by atoms with van der Waals surface area (Å²) in [5.74, 6) is 0. The van der Waals surface area contributed by atoms with E-state index in [9.17, 15) is 0 Å². The van der Waals surface area contributed by atoms with Gasteiger partial charge in [0.15, 0.2) is 0 Å². The van der Waals surface area contributed by atoms with E-state index >= 15 is 0 Å². The molecule has 0 aromatic heterocycles. The number of para-hydroxylation sites is 1. The van der Waals surface area contributed by atoms with Crippen LogP contribution in [0.25, 0.3) is 33.4 Å². The minimum Gasteiger partial charge on any atom is -0.310 e. The summed E-state index contributed by atoms with van der Waals surface area (Å²) in [5.41, 5.74) is 19.0. The molecule has 0 amide bonds. The maximum Gasteiger partial charge on any atom is 0.0540 e. The van der Waals surface area contributed by atoms with Crippen LogP contribution >= 0.6 is 0 Å². The van der Waals surface area contributed by atoms with Crippen LogP contribution in [-0.2, 0) is 16.2 Å². The summed E-state index contributed by atoms with van der Waals surface area (Å²) in [6.07, 6.45) is 0. The molecule has 0 fully saturated rings. The van der Waals surface area contributed by atoms with Crippen molar-refractivity contribution < 1.29 is 0 Å². The highest BCUT2D eigenvalue weighted by Gasteiger charge is 2.41. The van der Waals surface area contributed by atoms with Gasteiger partial charge in [-0.05, 0) is 104 Å². The van der Waals surface area contributed by atoms with E-state index in [4.69, 9.17) is 0 Å². The van der Waals surface area contributed by atoms with Gasteiger partial charge < -0.3 is 4.90 Å². The largest absolute Gasteiger partial charge is 0.310 e. The van der Waals surface area contributed by atoms with Gasteiger partial charge >= 0.3 is 0 Å². The lowest BCUT2D eigenvalue weighted by Crippen LogP contribution is -2.23. The monoisotopic (exact) mass is 671 g/mol. The SMILES string of the molecule is CC(C)(C)c1ccc(N(c2ccc3c(c2)C(C)(c2ccccc2)c2ccccc2-3)c2ccccc2-c2cccc3c2C(C)(C)c2ccccc2-3)cc1. The molecule has 1 unspecified atom stereocenters. The molecule has 0 radical (unpaired) electrons. The van der Waals surface area contributed by atoms with Crippen molar-refractivity contribution in [3.8, 4) is 33.4 Å². The molecule has 1 nitrogen and oxygen atoms in total. The van der Waals surface area contributed by atoms with Gasteiger partial charge in [-0.2, -0.15) is 0 Å². The van der Waals surface area contributed by atoms with E-state index in [0.717, 1.165) is 11.4 Å². The Bertz CT molecular complexity index is 2480. The Hall–Kier alpha value is -5.66. The van der Waals surface area contributed by atoms with Crippen molar-refractivity contribution in [2.75, 3.05) is 4.90 Å². The Balaban J connectivity index is 1.29. The quantitative estimate of drug-likeness (QED) is 0.176. The van der Waals surface area contributed by atoms with E-state index in [1.54, 1.807) is 0 Å². The molecule has 0 bridgehead atoms. The second-order valence-electron chi connectivity index (χ2n) is 16.3. The van der Waals surface area contributed by atoms with Gasteiger partial charge in [-0.1, -0.05) is 168 Å². The van der Waals surface area contributed by atoms with Crippen LogP contribution in [0.4, 0.5) is 17.1 Å². The number of benzene rings is 7. The van der Waals surface area contributed by atoms with Gasteiger partial charge in [-0.15, -0.1) is 0 Å². The van der Waals surface area contributed by atoms with Gasteiger partial charge in [0.2, 0.25) is 0 Å². The number of rotatable bonds is 5. The lowest BCUT2D eigenvalue weighted by atomic mass is 9.74. The van der Waals surface area contributed by atoms with E-state index in [1.807, 2.05) is 0 Å². The van der Waals surface area contributed by atoms with Crippen LogP contribution < -0.4 is 4.90 Å². The first kappa shape index (κ1) is 32.3. The normalized spacial score (nSPS) is 16.5. The zero-order valence-corrected chi connectivity index (χ0v) is 31.0. The van der Waals surface area contributed by atoms with Crippen LogP contribution in [0.3, 0.4) is 0 Å². The van der Waals surface area contributed by atoms with Crippen LogP contribution in [0.5, 0.6) is 0 Å². The van der Waals surface area contributed by atoms with E-state index in [-0.39, 0.29) is 16.2 Å². The summed E-state index contributed by atoms with van der Waals surface area (Å²) in [7, 11) is 0. The zero-order valence-electron chi connectivity index (χ0n) is 31.0. The molecule has 254 valence electrons. The Labute approximate surface area is 309 Å². The predicted octanol–water partition coefficient (Wildman–Crippen LogP) is 13.8. The molecule has 0 saturated heterocycles. The van der Waals surface area contributed by atoms with Crippen LogP contribution in [0.2, 0.25) is 0 Å². The molecular weight excluding hydrogens is 627 g/mol. The van der Waals surface area contributed by atoms with Gasteiger partial charge in [0.25, 0.3) is 0 Å². The number of fused-ring (bicyclic) bond motifs is 6. The third-order valence-corrected chi connectivity index (χ3v) is 11.9. The molecule has 1 heteroatoms. The highest BCUT2D eigenvalue weighted by Crippen LogP contribution is 2.56. The van der Waals surface area contributed by atoms with Crippen molar-refractivity contribution in [3.63, 3.8) is 0 Å². The first-order valence-corrected chi connectivity index (χ1v) is 18.6. The Kier molecular flexibility index (Phi) is 7.25. The summed E-state index contributed by atoms with van der Waals surface area (Å²) < 4.78 is 0. The summed E-state index contributed by atoms with van der Waals surface area (Å²) in [5, 5.41) is 0. The van der Waals surface area contributed by atoms with Crippen LogP contribution in [0.15, 0.2) is 164 Å². The zero-order chi connectivity index (χ0) is 35.8. The molecule has 7 aromatic rings. The van der Waals surface area contributed by atoms with Crippen molar-refractivity contribution in [1.29, 1.82) is 0 Å². The summed E-state index contributed by atoms with van der Waals surface area (Å²) in [6.45, 7) is 14.0. The minimum atomic E-state index is -0.291. The second kappa shape index (κ2) is 11.7. The molecule has 52 heavy (non-hydrogen) atoms. The maximum atomic E-state index is 2.49. The molecule has 0 aliphatic heterocycles. The number of hydrogen-bond acceptors (Lipinski definition) is 1. The van der Waals surface area contributed by atoms with Crippen LogP contribution in [-0.4, -0.2) is 0 Å². The first-order chi connectivity index (χ1) is 25.1. The fourth-order valence-electron chi connectivity index (χ4n) is 9.21. The smallest absolute Gasteiger partial charge is 0.0540 e. The van der Waals surface area contributed by atoms with Gasteiger partial charge in [0, 0.05) is 27.8 Å². The van der Waals surface area contributed by atoms with Crippen molar-refractivity contribution in [3.05, 3.63) is 197 Å². The lowest BCUT2D eigenvalue weighted by molar-refractivity contribution is 0.590. The molecule has 2 aliphatic rings. The summed E-state index contributed by atoms with van der Waals surface area (Å²) >= 11 is 0. The minimum absolute atomic E-state index is 0.0588. The highest BCUT2D eigenvalue weighted by molar-refractivity contribution is 5.95. The lowest BCUT2D eigenvalue weighted by Gasteiger charge is -2.32. The predicted molar refractivity (Wildman–Crippen MR) is 220 cm³/mol. The molecule has 9 rings (SSSR count). The van der Waals surface area contributed by atoms with Gasteiger partial charge in [-0.25, -0.2) is 0 Å². The van der Waals surface area contributed by atoms with Crippen molar-refractivity contribution >= 4 is 17.1 Å². The van der Waals surface area contributed by atoms with Crippen molar-refractivity contribution in [1.82, 2.24) is 0 Å². The number of nitrogens with zero attached hydrogens (tertiary/aromatic N) is 1. The summed E-state index contributed by atoms with van der Waals surface area (Å²) in [6, 6.07) is 61.2. The van der Waals surface area contributed by atoms with E-state index in [2.05, 4.69) is 210 Å². The average molecular weight is 672 g/mol. The van der Waals surface area contributed by atoms with Crippen molar-refractivity contribution in [2.24, 2.45) is 0 Å². The van der Waals surface area contributed by atoms with Crippen LogP contribution in [0.1, 0.15) is 74.9 Å². The molecule has 0 N–H and O–H groups in total. The molecule has 0 spiro atoms. The molecule has 0 heterocycles. The van der Waals surface area contributed by atoms with E-state index < -0.39 is 0 Å². The Morgan fingerprint density at radius 1 is 0.423 bits per heavy atom. The van der Waals surface area contributed by atoms with Crippen molar-refractivity contribution in [2.45, 2.75) is 57.8 Å². The fourth-order valence-corrected chi connectivity index (χ4v) is 9.21. The fraction of sp³-hybridized carbons (Fsp3) is 0.176. The Morgan fingerprint density at radius 2 is 0.942 bits per heavy atom. The van der Waals surface area contributed by atoms with Gasteiger partial charge in [0.1, 0.15) is 0 Å². The first-order valence-electron chi connectivity index (χ1n) is 18.6. The third kappa shape index (κ3) is 4.76. The van der Waals surface area contributed by atoms with Crippen LogP contribution in [0, 0.1) is 0 Å². The topological polar surface area (TPSA) is 3.24 Å². The molecule has 0 saturated carbocycles. The number of hydrogen-bond donors (Lipinski definition) is 0.